The monoisotopic (exact) mass is 562 g/mol. The van der Waals surface area contributed by atoms with Gasteiger partial charge in [0.15, 0.2) is 0 Å². The zero-order valence-electron chi connectivity index (χ0n) is 22.9. The molecular formula is C27H42F4N4O4. The summed E-state index contributed by atoms with van der Waals surface area (Å²) in [5.74, 6) is -1.97. The number of aliphatic carboxylic acids is 1. The summed E-state index contributed by atoms with van der Waals surface area (Å²) in [4.78, 5) is 30.7. The van der Waals surface area contributed by atoms with Gasteiger partial charge in [0, 0.05) is 45.3 Å². The lowest BCUT2D eigenvalue weighted by molar-refractivity contribution is -0.148. The highest BCUT2D eigenvalue weighted by Gasteiger charge is 2.32. The Hall–Kier alpha value is -2.47. The molecule has 0 fully saturated rings. The molecule has 2 rings (SSSR count). The summed E-state index contributed by atoms with van der Waals surface area (Å²) in [6.45, 7) is 2.84. The average Bonchev–Trinajstić information content (AvgIpc) is 2.89. The van der Waals surface area contributed by atoms with Crippen LogP contribution in [0.3, 0.4) is 0 Å². The number of rotatable bonds is 18. The van der Waals surface area contributed by atoms with Crippen molar-refractivity contribution in [3.8, 4) is 0 Å². The van der Waals surface area contributed by atoms with Crippen LogP contribution in [-0.4, -0.2) is 85.2 Å². The number of aromatic nitrogens is 1. The lowest BCUT2D eigenvalue weighted by atomic mass is 9.97. The fraction of sp³-hybridized carbons (Fsp3) is 0.741. The second-order valence-electron chi connectivity index (χ2n) is 10.2. The van der Waals surface area contributed by atoms with E-state index in [2.05, 4.69) is 16.7 Å². The van der Waals surface area contributed by atoms with Crippen LogP contribution in [0.4, 0.5) is 23.4 Å². The predicted octanol–water partition coefficient (Wildman–Crippen LogP) is 4.38. The summed E-state index contributed by atoms with van der Waals surface area (Å²) in [6.07, 6.45) is -1.93. The van der Waals surface area contributed by atoms with Gasteiger partial charge >= 0.3 is 12.1 Å². The van der Waals surface area contributed by atoms with Crippen LogP contribution in [0.15, 0.2) is 12.1 Å². The maximum Gasteiger partial charge on any atom is 0.389 e. The Balaban J connectivity index is 1.89. The second-order valence-corrected chi connectivity index (χ2v) is 10.2. The van der Waals surface area contributed by atoms with Gasteiger partial charge in [-0.3, -0.25) is 4.79 Å². The van der Waals surface area contributed by atoms with Gasteiger partial charge in [-0.25, -0.2) is 14.2 Å². The van der Waals surface area contributed by atoms with Crippen molar-refractivity contribution < 1.29 is 37.0 Å². The molecule has 0 spiro atoms. The predicted molar refractivity (Wildman–Crippen MR) is 140 cm³/mol. The highest BCUT2D eigenvalue weighted by molar-refractivity contribution is 5.83. The number of aryl methyl sites for hydroxylation is 2. The van der Waals surface area contributed by atoms with E-state index in [9.17, 15) is 32.3 Å². The number of hydrogen-bond acceptors (Lipinski definition) is 6. The van der Waals surface area contributed by atoms with Crippen LogP contribution in [0.25, 0.3) is 0 Å². The molecule has 0 saturated carbocycles. The Kier molecular flexibility index (Phi) is 13.9. The summed E-state index contributed by atoms with van der Waals surface area (Å²) in [5, 5.41) is 15.3. The Bertz CT molecular complexity index is 899. The Labute approximate surface area is 227 Å². The molecule has 3 atom stereocenters. The lowest BCUT2D eigenvalue weighted by Gasteiger charge is -2.27. The normalized spacial score (nSPS) is 15.8. The Morgan fingerprint density at radius 1 is 1.26 bits per heavy atom. The summed E-state index contributed by atoms with van der Waals surface area (Å²) >= 11 is 0. The highest BCUT2D eigenvalue weighted by Crippen LogP contribution is 2.28. The van der Waals surface area contributed by atoms with Gasteiger partial charge in [-0.05, 0) is 62.6 Å². The maximum atomic E-state index is 13.3. The number of methoxy groups -OCH3 is 1. The van der Waals surface area contributed by atoms with E-state index in [1.165, 1.54) is 12.7 Å². The molecule has 1 aromatic rings. The molecule has 1 aliphatic heterocycles. The number of unbranched alkanes of at least 4 members (excludes halogenated alkanes) is 1. The van der Waals surface area contributed by atoms with Crippen LogP contribution in [0.5, 0.6) is 0 Å². The van der Waals surface area contributed by atoms with Crippen molar-refractivity contribution in [2.45, 2.75) is 83.0 Å². The zero-order chi connectivity index (χ0) is 28.8. The highest BCUT2D eigenvalue weighted by atomic mass is 19.4. The van der Waals surface area contributed by atoms with Gasteiger partial charge in [0.2, 0.25) is 5.91 Å². The first-order valence-electron chi connectivity index (χ1n) is 13.7. The molecule has 0 saturated heterocycles. The molecule has 0 radical (unpaired) electrons. The summed E-state index contributed by atoms with van der Waals surface area (Å²) in [7, 11) is 1.41. The largest absolute Gasteiger partial charge is 0.480 e. The maximum absolute atomic E-state index is 13.3. The average molecular weight is 563 g/mol. The van der Waals surface area contributed by atoms with Crippen LogP contribution in [0.2, 0.25) is 0 Å². The molecule has 0 aromatic carbocycles. The molecule has 1 amide bonds. The third kappa shape index (κ3) is 12.5. The van der Waals surface area contributed by atoms with Gasteiger partial charge in [-0.15, -0.1) is 0 Å². The molecule has 0 bridgehead atoms. The molecule has 1 aliphatic rings. The van der Waals surface area contributed by atoms with Crippen molar-refractivity contribution in [1.29, 1.82) is 0 Å². The summed E-state index contributed by atoms with van der Waals surface area (Å²) in [6, 6.07) is 2.88. The number of carboxylic acid groups (broad SMARTS) is 1. The van der Waals surface area contributed by atoms with Crippen molar-refractivity contribution in [1.82, 2.24) is 15.2 Å². The van der Waals surface area contributed by atoms with Crippen LogP contribution in [0, 0.1) is 5.92 Å². The quantitative estimate of drug-likeness (QED) is 0.180. The number of pyridine rings is 1. The number of halogens is 4. The van der Waals surface area contributed by atoms with Crippen LogP contribution < -0.4 is 10.6 Å². The number of alkyl halides is 4. The fourth-order valence-corrected chi connectivity index (χ4v) is 4.69. The van der Waals surface area contributed by atoms with Crippen molar-refractivity contribution in [2.24, 2.45) is 5.92 Å². The van der Waals surface area contributed by atoms with E-state index in [1.54, 1.807) is 6.92 Å². The molecule has 2 heterocycles. The smallest absolute Gasteiger partial charge is 0.389 e. The van der Waals surface area contributed by atoms with Gasteiger partial charge in [-0.2, -0.15) is 13.2 Å². The van der Waals surface area contributed by atoms with E-state index in [4.69, 9.17) is 9.72 Å². The number of amides is 1. The van der Waals surface area contributed by atoms with Crippen LogP contribution >= 0.6 is 0 Å². The van der Waals surface area contributed by atoms with Crippen molar-refractivity contribution >= 4 is 17.7 Å². The SMILES string of the molecule is CCC(CC(=O)N[C@@H](CCN(CCCCc1ccc2c(n1)NCCC2)C[C@@H](CF)OC)C(=O)O)CC(F)(F)F. The van der Waals surface area contributed by atoms with Crippen molar-refractivity contribution in [2.75, 3.05) is 45.3 Å². The number of ether oxygens (including phenoxy) is 1. The number of nitrogens with one attached hydrogen (secondary N) is 2. The molecular weight excluding hydrogens is 520 g/mol. The Morgan fingerprint density at radius 3 is 2.67 bits per heavy atom. The van der Waals surface area contributed by atoms with Crippen LogP contribution in [0.1, 0.15) is 63.1 Å². The van der Waals surface area contributed by atoms with Crippen molar-refractivity contribution in [3.05, 3.63) is 23.4 Å². The molecule has 39 heavy (non-hydrogen) atoms. The third-order valence-electron chi connectivity index (χ3n) is 7.02. The van der Waals surface area contributed by atoms with E-state index in [0.717, 1.165) is 50.2 Å². The summed E-state index contributed by atoms with van der Waals surface area (Å²) < 4.78 is 56.7. The Morgan fingerprint density at radius 2 is 2.03 bits per heavy atom. The summed E-state index contributed by atoms with van der Waals surface area (Å²) in [5.41, 5.74) is 2.21. The number of anilines is 1. The molecule has 0 aliphatic carbocycles. The van der Waals surface area contributed by atoms with E-state index in [0.29, 0.717) is 6.54 Å². The number of hydrogen-bond donors (Lipinski definition) is 3. The van der Waals surface area contributed by atoms with Crippen molar-refractivity contribution in [3.63, 3.8) is 0 Å². The first kappa shape index (κ1) is 32.7. The lowest BCUT2D eigenvalue weighted by Crippen LogP contribution is -2.45. The molecule has 1 aromatic heterocycles. The van der Waals surface area contributed by atoms with Gasteiger partial charge in [0.05, 0.1) is 6.10 Å². The van der Waals surface area contributed by atoms with Gasteiger partial charge in [0.25, 0.3) is 0 Å². The standard InChI is InChI=1S/C27H42F4N4O4/c1-3-19(16-27(29,30)31)15-24(36)34-23(26(37)38)11-14-35(18-22(17-28)39-2)13-5-4-8-21-10-9-20-7-6-12-32-25(20)33-21/h9-10,19,22-23H,3-8,11-18H2,1-2H3,(H,32,33)(H,34,36)(H,37,38)/t19?,22-,23+/m1/s1. The second kappa shape index (κ2) is 16.6. The minimum Gasteiger partial charge on any atom is -0.480 e. The fourth-order valence-electron chi connectivity index (χ4n) is 4.69. The van der Waals surface area contributed by atoms with E-state index < -0.39 is 55.6 Å². The molecule has 1 unspecified atom stereocenters. The van der Waals surface area contributed by atoms with Crippen LogP contribution in [-0.2, 0) is 27.2 Å². The zero-order valence-corrected chi connectivity index (χ0v) is 22.9. The molecule has 12 heteroatoms. The van der Waals surface area contributed by atoms with Gasteiger partial charge < -0.3 is 25.4 Å². The molecule has 3 N–H and O–H groups in total. The topological polar surface area (TPSA) is 104 Å². The van der Waals surface area contributed by atoms with Gasteiger partial charge in [0.1, 0.15) is 18.5 Å². The van der Waals surface area contributed by atoms with E-state index in [1.807, 2.05) is 11.0 Å². The molecule has 222 valence electrons. The number of carboxylic acids is 1. The van der Waals surface area contributed by atoms with Gasteiger partial charge in [-0.1, -0.05) is 19.4 Å². The first-order valence-corrected chi connectivity index (χ1v) is 13.7. The number of carbonyl (C=O) groups excluding carboxylic acids is 1. The third-order valence-corrected chi connectivity index (χ3v) is 7.02. The number of carbonyl (C=O) groups is 2. The van der Waals surface area contributed by atoms with E-state index >= 15 is 0 Å². The first-order chi connectivity index (χ1) is 18.5. The number of nitrogens with zero attached hydrogens (tertiary/aromatic N) is 2. The molecule has 8 nitrogen and oxygen atoms in total. The minimum atomic E-state index is -4.39. The number of fused-ring (bicyclic) bond motifs is 1. The van der Waals surface area contributed by atoms with E-state index in [-0.39, 0.29) is 25.9 Å². The minimum absolute atomic E-state index is 0.0257.